The molecule has 0 radical (unpaired) electrons. The summed E-state index contributed by atoms with van der Waals surface area (Å²) >= 11 is 0. The van der Waals surface area contributed by atoms with Gasteiger partial charge in [-0.15, -0.1) is 0 Å². The first-order valence-corrected chi connectivity index (χ1v) is 10.4. The van der Waals surface area contributed by atoms with E-state index in [2.05, 4.69) is 70.3 Å². The molecule has 4 aromatic rings. The van der Waals surface area contributed by atoms with Crippen LogP contribution in [0.4, 0.5) is 11.4 Å². The van der Waals surface area contributed by atoms with Gasteiger partial charge < -0.3 is 20.7 Å². The van der Waals surface area contributed by atoms with E-state index in [0.717, 1.165) is 48.5 Å². The Balaban J connectivity index is 1.27. The van der Waals surface area contributed by atoms with Gasteiger partial charge in [0.2, 0.25) is 0 Å². The Morgan fingerprint density at radius 1 is 0.800 bits per heavy atom. The number of pyridine rings is 1. The number of methoxy groups -OCH3 is 1. The SMILES string of the molecule is COc1cc(NCCNCCNc2cccc3ccccc23)c2nccc(C)c2c1. The van der Waals surface area contributed by atoms with Crippen molar-refractivity contribution in [2.24, 2.45) is 0 Å². The lowest BCUT2D eigenvalue weighted by molar-refractivity contribution is 0.415. The maximum atomic E-state index is 5.46. The number of nitrogens with zero attached hydrogens (tertiary/aromatic N) is 1. The standard InChI is InChI=1S/C25H28N4O/c1-18-10-11-29-25-22(18)16-20(30-2)17-24(25)28-15-13-26-12-14-27-23-9-5-7-19-6-3-4-8-21(19)23/h3-11,16-17,26-28H,12-15H2,1-2H3. The number of ether oxygens (including phenoxy) is 1. The lowest BCUT2D eigenvalue weighted by Crippen LogP contribution is -2.27. The summed E-state index contributed by atoms with van der Waals surface area (Å²) in [6.07, 6.45) is 1.85. The fourth-order valence-corrected chi connectivity index (χ4v) is 3.69. The summed E-state index contributed by atoms with van der Waals surface area (Å²) < 4.78 is 5.46. The van der Waals surface area contributed by atoms with Crippen molar-refractivity contribution in [2.75, 3.05) is 43.9 Å². The Morgan fingerprint density at radius 2 is 1.57 bits per heavy atom. The highest BCUT2D eigenvalue weighted by molar-refractivity contribution is 5.94. The molecule has 0 saturated carbocycles. The Hall–Kier alpha value is -3.31. The van der Waals surface area contributed by atoms with Crippen molar-refractivity contribution in [3.8, 4) is 5.75 Å². The van der Waals surface area contributed by atoms with E-state index in [1.54, 1.807) is 7.11 Å². The number of rotatable bonds is 9. The van der Waals surface area contributed by atoms with Crippen LogP contribution in [-0.2, 0) is 0 Å². The first-order valence-electron chi connectivity index (χ1n) is 10.4. The van der Waals surface area contributed by atoms with Crippen LogP contribution in [0, 0.1) is 6.92 Å². The second kappa shape index (κ2) is 9.46. The molecule has 1 heterocycles. The highest BCUT2D eigenvalue weighted by Crippen LogP contribution is 2.29. The fraction of sp³-hybridized carbons (Fsp3) is 0.240. The first-order chi connectivity index (χ1) is 14.8. The second-order valence-electron chi connectivity index (χ2n) is 7.33. The molecule has 30 heavy (non-hydrogen) atoms. The molecule has 0 atom stereocenters. The Bertz CT molecular complexity index is 1140. The number of anilines is 2. The summed E-state index contributed by atoms with van der Waals surface area (Å²) in [7, 11) is 1.70. The maximum absolute atomic E-state index is 5.46. The molecule has 0 aliphatic heterocycles. The molecule has 0 aliphatic carbocycles. The van der Waals surface area contributed by atoms with Gasteiger partial charge in [0.1, 0.15) is 5.75 Å². The number of fused-ring (bicyclic) bond motifs is 2. The van der Waals surface area contributed by atoms with Crippen molar-refractivity contribution in [3.63, 3.8) is 0 Å². The van der Waals surface area contributed by atoms with Crippen molar-refractivity contribution in [1.82, 2.24) is 10.3 Å². The van der Waals surface area contributed by atoms with Gasteiger partial charge in [-0.1, -0.05) is 36.4 Å². The van der Waals surface area contributed by atoms with Gasteiger partial charge in [-0.05, 0) is 36.1 Å². The lowest BCUT2D eigenvalue weighted by atomic mass is 10.1. The molecule has 3 aromatic carbocycles. The van der Waals surface area contributed by atoms with Crippen LogP contribution >= 0.6 is 0 Å². The summed E-state index contributed by atoms with van der Waals surface area (Å²) in [5.41, 5.74) is 4.36. The summed E-state index contributed by atoms with van der Waals surface area (Å²) in [6, 6.07) is 20.9. The van der Waals surface area contributed by atoms with E-state index < -0.39 is 0 Å². The molecule has 0 fully saturated rings. The normalized spacial score (nSPS) is 11.0. The van der Waals surface area contributed by atoms with Crippen molar-refractivity contribution >= 4 is 33.1 Å². The molecule has 0 spiro atoms. The molecule has 1 aromatic heterocycles. The maximum Gasteiger partial charge on any atom is 0.121 e. The van der Waals surface area contributed by atoms with Gasteiger partial charge in [0.05, 0.1) is 18.3 Å². The Morgan fingerprint density at radius 3 is 2.40 bits per heavy atom. The molecule has 0 saturated heterocycles. The Labute approximate surface area is 177 Å². The monoisotopic (exact) mass is 400 g/mol. The number of aromatic nitrogens is 1. The average molecular weight is 401 g/mol. The summed E-state index contributed by atoms with van der Waals surface area (Å²) in [6.45, 7) is 5.53. The highest BCUT2D eigenvalue weighted by Gasteiger charge is 2.07. The summed E-state index contributed by atoms with van der Waals surface area (Å²) in [5, 5.41) is 14.1. The fourth-order valence-electron chi connectivity index (χ4n) is 3.69. The van der Waals surface area contributed by atoms with Crippen LogP contribution in [0.2, 0.25) is 0 Å². The second-order valence-corrected chi connectivity index (χ2v) is 7.33. The van der Waals surface area contributed by atoms with E-state index in [1.807, 2.05) is 24.4 Å². The van der Waals surface area contributed by atoms with Crippen molar-refractivity contribution in [2.45, 2.75) is 6.92 Å². The number of aryl methyl sites for hydroxylation is 1. The van der Waals surface area contributed by atoms with Crippen LogP contribution in [0.25, 0.3) is 21.7 Å². The molecular formula is C25H28N4O. The van der Waals surface area contributed by atoms with E-state index in [1.165, 1.54) is 22.0 Å². The highest BCUT2D eigenvalue weighted by atomic mass is 16.5. The van der Waals surface area contributed by atoms with Gasteiger partial charge in [0.25, 0.3) is 0 Å². The Kier molecular flexibility index (Phi) is 6.30. The van der Waals surface area contributed by atoms with Gasteiger partial charge >= 0.3 is 0 Å². The van der Waals surface area contributed by atoms with Crippen LogP contribution in [0.5, 0.6) is 5.75 Å². The third kappa shape index (κ3) is 4.47. The lowest BCUT2D eigenvalue weighted by Gasteiger charge is -2.13. The molecular weight excluding hydrogens is 372 g/mol. The minimum Gasteiger partial charge on any atom is -0.497 e. The summed E-state index contributed by atoms with van der Waals surface area (Å²) in [4.78, 5) is 4.56. The number of benzene rings is 3. The van der Waals surface area contributed by atoms with Crippen LogP contribution in [0.3, 0.4) is 0 Å². The zero-order valence-corrected chi connectivity index (χ0v) is 17.5. The van der Waals surface area contributed by atoms with Crippen molar-refractivity contribution < 1.29 is 4.74 Å². The minimum absolute atomic E-state index is 0.812. The van der Waals surface area contributed by atoms with E-state index in [-0.39, 0.29) is 0 Å². The van der Waals surface area contributed by atoms with E-state index >= 15 is 0 Å². The van der Waals surface area contributed by atoms with Crippen molar-refractivity contribution in [1.29, 1.82) is 0 Å². The van der Waals surface area contributed by atoms with Crippen LogP contribution < -0.4 is 20.7 Å². The largest absolute Gasteiger partial charge is 0.497 e. The van der Waals surface area contributed by atoms with E-state index in [4.69, 9.17) is 4.74 Å². The van der Waals surface area contributed by atoms with Crippen LogP contribution in [0.15, 0.2) is 66.9 Å². The van der Waals surface area contributed by atoms with Gasteiger partial charge in [-0.25, -0.2) is 0 Å². The van der Waals surface area contributed by atoms with Crippen molar-refractivity contribution in [3.05, 3.63) is 72.4 Å². The van der Waals surface area contributed by atoms with E-state index in [9.17, 15) is 0 Å². The van der Waals surface area contributed by atoms with Crippen LogP contribution in [0.1, 0.15) is 5.56 Å². The van der Waals surface area contributed by atoms with Gasteiger partial charge in [0.15, 0.2) is 0 Å². The first kappa shape index (κ1) is 20.0. The zero-order chi connectivity index (χ0) is 20.8. The molecule has 0 aliphatic rings. The molecule has 154 valence electrons. The molecule has 4 rings (SSSR count). The molecule has 5 nitrogen and oxygen atoms in total. The minimum atomic E-state index is 0.812. The molecule has 0 bridgehead atoms. The topological polar surface area (TPSA) is 58.2 Å². The third-order valence-corrected chi connectivity index (χ3v) is 5.30. The molecule has 3 N–H and O–H groups in total. The number of hydrogen-bond donors (Lipinski definition) is 3. The number of hydrogen-bond acceptors (Lipinski definition) is 5. The smallest absolute Gasteiger partial charge is 0.121 e. The van der Waals surface area contributed by atoms with Gasteiger partial charge in [-0.3, -0.25) is 4.98 Å². The van der Waals surface area contributed by atoms with Crippen LogP contribution in [-0.4, -0.2) is 38.3 Å². The average Bonchev–Trinajstić information content (AvgIpc) is 2.78. The van der Waals surface area contributed by atoms with E-state index in [0.29, 0.717) is 0 Å². The molecule has 5 heteroatoms. The molecule has 0 amide bonds. The predicted octanol–water partition coefficient (Wildman–Crippen LogP) is 4.82. The third-order valence-electron chi connectivity index (χ3n) is 5.30. The number of nitrogens with one attached hydrogen (secondary N) is 3. The van der Waals surface area contributed by atoms with Gasteiger partial charge in [0, 0.05) is 54.9 Å². The van der Waals surface area contributed by atoms with Gasteiger partial charge in [-0.2, -0.15) is 0 Å². The molecule has 0 unspecified atom stereocenters. The predicted molar refractivity (Wildman–Crippen MR) is 127 cm³/mol. The zero-order valence-electron chi connectivity index (χ0n) is 17.5. The quantitative estimate of drug-likeness (QED) is 0.352. The summed E-state index contributed by atoms with van der Waals surface area (Å²) in [5.74, 6) is 0.841.